The van der Waals surface area contributed by atoms with Gasteiger partial charge in [0.25, 0.3) is 0 Å². The molecule has 0 unspecified atom stereocenters. The maximum atomic E-state index is 12.3. The minimum Gasteiger partial charge on any atom is -0.444 e. The highest BCUT2D eigenvalue weighted by Crippen LogP contribution is 2.35. The highest BCUT2D eigenvalue weighted by molar-refractivity contribution is 8.15. The Morgan fingerprint density at radius 3 is 2.36 bits per heavy atom. The predicted molar refractivity (Wildman–Crippen MR) is 104 cm³/mol. The quantitative estimate of drug-likeness (QED) is 0.762. The third kappa shape index (κ3) is 4.06. The molecule has 1 aromatic rings. The highest BCUT2D eigenvalue weighted by Gasteiger charge is 2.41. The maximum absolute atomic E-state index is 12.3. The van der Waals surface area contributed by atoms with Crippen LogP contribution in [0.15, 0.2) is 40.3 Å². The van der Waals surface area contributed by atoms with E-state index in [-0.39, 0.29) is 6.09 Å². The zero-order valence-electron chi connectivity index (χ0n) is 15.3. The summed E-state index contributed by atoms with van der Waals surface area (Å²) in [7, 11) is 0. The Morgan fingerprint density at radius 2 is 1.80 bits per heavy atom. The van der Waals surface area contributed by atoms with Gasteiger partial charge in [-0.25, -0.2) is 9.79 Å². The molecular formula is C19H25N3O2S. The summed E-state index contributed by atoms with van der Waals surface area (Å²) in [5, 5.41) is 0.983. The zero-order valence-corrected chi connectivity index (χ0v) is 16.1. The molecule has 1 saturated heterocycles. The monoisotopic (exact) mass is 359 g/mol. The van der Waals surface area contributed by atoms with Gasteiger partial charge in [-0.15, -0.1) is 11.8 Å². The van der Waals surface area contributed by atoms with Crippen molar-refractivity contribution in [3.8, 4) is 0 Å². The number of nitrogens with zero attached hydrogens (tertiary/aromatic N) is 3. The fourth-order valence-corrected chi connectivity index (χ4v) is 3.66. The van der Waals surface area contributed by atoms with Crippen LogP contribution < -0.4 is 0 Å². The van der Waals surface area contributed by atoms with Crippen molar-refractivity contribution in [1.82, 2.24) is 4.90 Å². The highest BCUT2D eigenvalue weighted by atomic mass is 32.2. The molecule has 0 aromatic heterocycles. The van der Waals surface area contributed by atoms with Crippen molar-refractivity contribution in [3.05, 3.63) is 35.9 Å². The van der Waals surface area contributed by atoms with E-state index in [9.17, 15) is 4.79 Å². The van der Waals surface area contributed by atoms with Gasteiger partial charge in [-0.05, 0) is 27.0 Å². The molecule has 3 rings (SSSR count). The molecule has 1 fully saturated rings. The summed E-state index contributed by atoms with van der Waals surface area (Å²) < 4.78 is 5.47. The lowest BCUT2D eigenvalue weighted by atomic mass is 9.99. The molecule has 5 nitrogen and oxygen atoms in total. The Morgan fingerprint density at radius 1 is 1.16 bits per heavy atom. The van der Waals surface area contributed by atoms with Gasteiger partial charge in [-0.1, -0.05) is 30.3 Å². The minimum atomic E-state index is -0.470. The number of rotatable bonds is 1. The van der Waals surface area contributed by atoms with Gasteiger partial charge in [0.05, 0.1) is 5.71 Å². The van der Waals surface area contributed by atoms with Crippen LogP contribution >= 0.6 is 11.8 Å². The number of hydrogen-bond acceptors (Lipinski definition) is 5. The van der Waals surface area contributed by atoms with Crippen LogP contribution in [0.5, 0.6) is 0 Å². The van der Waals surface area contributed by atoms with Crippen molar-refractivity contribution < 1.29 is 9.53 Å². The fourth-order valence-electron chi connectivity index (χ4n) is 3.05. The average Bonchev–Trinajstić information content (AvgIpc) is 2.93. The summed E-state index contributed by atoms with van der Waals surface area (Å²) in [5.74, 6) is 0. The van der Waals surface area contributed by atoms with Crippen LogP contribution in [-0.2, 0) is 4.74 Å². The first-order valence-corrected chi connectivity index (χ1v) is 9.82. The Balaban J connectivity index is 1.74. The summed E-state index contributed by atoms with van der Waals surface area (Å²) in [4.78, 5) is 23.9. The van der Waals surface area contributed by atoms with E-state index in [0.717, 1.165) is 29.2 Å². The first-order valence-electron chi connectivity index (χ1n) is 8.59. The fraction of sp³-hybridized carbons (Fsp3) is 0.526. The first-order chi connectivity index (χ1) is 11.8. The third-order valence-electron chi connectivity index (χ3n) is 4.29. The number of carbonyl (C=O) groups is 1. The van der Waals surface area contributed by atoms with Crippen molar-refractivity contribution in [2.45, 2.75) is 44.9 Å². The van der Waals surface area contributed by atoms with Crippen LogP contribution in [0.3, 0.4) is 0 Å². The van der Waals surface area contributed by atoms with Gasteiger partial charge in [0.2, 0.25) is 0 Å². The van der Waals surface area contributed by atoms with Gasteiger partial charge in [0.15, 0.2) is 5.66 Å². The van der Waals surface area contributed by atoms with E-state index < -0.39 is 11.3 Å². The largest absolute Gasteiger partial charge is 0.444 e. The lowest BCUT2D eigenvalue weighted by Gasteiger charge is -2.36. The zero-order chi connectivity index (χ0) is 18.1. The van der Waals surface area contributed by atoms with Gasteiger partial charge >= 0.3 is 6.09 Å². The molecule has 0 aliphatic carbocycles. The van der Waals surface area contributed by atoms with Gasteiger partial charge in [0.1, 0.15) is 10.6 Å². The molecule has 1 aromatic carbocycles. The summed E-state index contributed by atoms with van der Waals surface area (Å²) in [6, 6.07) is 10.2. The third-order valence-corrected chi connectivity index (χ3v) is 4.96. The van der Waals surface area contributed by atoms with Crippen LogP contribution in [0, 0.1) is 0 Å². The number of piperidine rings is 1. The number of benzene rings is 1. The van der Waals surface area contributed by atoms with Crippen molar-refractivity contribution >= 4 is 28.6 Å². The standard InChI is InChI=1S/C19H25N3O2S/c1-18(2,3)24-17(23)22-12-10-19(11-13-22)20-15(16(21-19)25-4)14-8-6-5-7-9-14/h5-9H,10-13H2,1-4H3. The summed E-state index contributed by atoms with van der Waals surface area (Å²) in [6.07, 6.45) is 3.24. The van der Waals surface area contributed by atoms with Gasteiger partial charge < -0.3 is 9.64 Å². The van der Waals surface area contributed by atoms with E-state index in [4.69, 9.17) is 14.7 Å². The summed E-state index contributed by atoms with van der Waals surface area (Å²) in [5.41, 5.74) is 1.17. The Bertz CT molecular complexity index is 699. The van der Waals surface area contributed by atoms with E-state index in [1.165, 1.54) is 0 Å². The maximum Gasteiger partial charge on any atom is 0.410 e. The van der Waals surface area contributed by atoms with Crippen molar-refractivity contribution in [2.75, 3.05) is 19.3 Å². The number of aliphatic imine (C=N–C) groups is 2. The van der Waals surface area contributed by atoms with Gasteiger partial charge in [-0.2, -0.15) is 0 Å². The lowest BCUT2D eigenvalue weighted by Crippen LogP contribution is -2.46. The Labute approximate surface area is 153 Å². The number of amides is 1. The number of carbonyl (C=O) groups excluding carboxylic acids is 1. The molecule has 0 radical (unpaired) electrons. The molecule has 0 saturated carbocycles. The van der Waals surface area contributed by atoms with Gasteiger partial charge in [0, 0.05) is 31.5 Å². The second kappa shape index (κ2) is 6.83. The topological polar surface area (TPSA) is 54.3 Å². The molecule has 0 N–H and O–H groups in total. The Kier molecular flexibility index (Phi) is 4.91. The van der Waals surface area contributed by atoms with Gasteiger partial charge in [-0.3, -0.25) is 4.99 Å². The van der Waals surface area contributed by atoms with Crippen molar-refractivity contribution in [3.63, 3.8) is 0 Å². The normalized spacial score (nSPS) is 19.6. The van der Waals surface area contributed by atoms with Crippen LogP contribution in [0.25, 0.3) is 0 Å². The Hall–Kier alpha value is -1.82. The molecular weight excluding hydrogens is 334 g/mol. The predicted octanol–water partition coefficient (Wildman–Crippen LogP) is 3.98. The molecule has 1 spiro atoms. The summed E-state index contributed by atoms with van der Waals surface area (Å²) in [6.45, 7) is 6.90. The molecule has 1 amide bonds. The second-order valence-corrected chi connectivity index (χ2v) is 8.19. The second-order valence-electron chi connectivity index (χ2n) is 7.40. The van der Waals surface area contributed by atoms with Crippen LogP contribution in [-0.4, -0.2) is 52.4 Å². The molecule has 0 atom stereocenters. The molecule has 2 aliphatic rings. The van der Waals surface area contributed by atoms with Crippen LogP contribution in [0.1, 0.15) is 39.2 Å². The smallest absolute Gasteiger partial charge is 0.410 e. The molecule has 25 heavy (non-hydrogen) atoms. The van der Waals surface area contributed by atoms with Crippen molar-refractivity contribution in [1.29, 1.82) is 0 Å². The van der Waals surface area contributed by atoms with E-state index in [0.29, 0.717) is 13.1 Å². The van der Waals surface area contributed by atoms with Crippen molar-refractivity contribution in [2.24, 2.45) is 9.98 Å². The van der Waals surface area contributed by atoms with E-state index >= 15 is 0 Å². The lowest BCUT2D eigenvalue weighted by molar-refractivity contribution is 0.0175. The number of likely N-dealkylation sites (tertiary alicyclic amines) is 1. The molecule has 134 valence electrons. The first kappa shape index (κ1) is 18.0. The molecule has 6 heteroatoms. The van der Waals surface area contributed by atoms with E-state index in [2.05, 4.69) is 12.1 Å². The summed E-state index contributed by atoms with van der Waals surface area (Å²) >= 11 is 1.63. The average molecular weight is 359 g/mol. The minimum absolute atomic E-state index is 0.248. The number of hydrogen-bond donors (Lipinski definition) is 0. The van der Waals surface area contributed by atoms with E-state index in [1.807, 2.05) is 45.2 Å². The molecule has 2 heterocycles. The van der Waals surface area contributed by atoms with Crippen LogP contribution in [0.4, 0.5) is 4.79 Å². The van der Waals surface area contributed by atoms with E-state index in [1.54, 1.807) is 16.7 Å². The SMILES string of the molecule is CSC1=NC2(CCN(C(=O)OC(C)(C)C)CC2)N=C1c1ccccc1. The number of ether oxygens (including phenoxy) is 1. The molecule has 0 bridgehead atoms. The van der Waals surface area contributed by atoms with Crippen LogP contribution in [0.2, 0.25) is 0 Å². The molecule has 2 aliphatic heterocycles. The number of thioether (sulfide) groups is 1.